The summed E-state index contributed by atoms with van der Waals surface area (Å²) < 4.78 is 58.3. The first-order valence-corrected chi connectivity index (χ1v) is 19.0. The Kier molecular flexibility index (Phi) is 15.2. The zero-order valence-electron chi connectivity index (χ0n) is 32.0. The van der Waals surface area contributed by atoms with E-state index in [0.29, 0.717) is 79.8 Å². The van der Waals surface area contributed by atoms with Crippen molar-refractivity contribution in [1.82, 2.24) is 14.7 Å². The average Bonchev–Trinajstić information content (AvgIpc) is 3.17. The number of hydrogen-bond acceptors (Lipinski definition) is 12. The van der Waals surface area contributed by atoms with Gasteiger partial charge in [-0.1, -0.05) is 51.1 Å². The first-order chi connectivity index (χ1) is 27.0. The van der Waals surface area contributed by atoms with Crippen LogP contribution in [0, 0.1) is 0 Å². The SMILES string of the molecule is COCCOCCOCCOc1cc(Nc2nccc(Oc3ccc(NC(=O)Nc4cc(CN[SH](=O)=O)cc(C(C)(C)C)c4)c4ccccc34)n2)cc(OC)c1. The van der Waals surface area contributed by atoms with Gasteiger partial charge in [-0.25, -0.2) is 22.9 Å². The summed E-state index contributed by atoms with van der Waals surface area (Å²) in [6, 6.07) is 23.1. The number of methoxy groups -OCH3 is 2. The van der Waals surface area contributed by atoms with Crippen molar-refractivity contribution in [3.05, 3.63) is 96.2 Å². The summed E-state index contributed by atoms with van der Waals surface area (Å²) in [4.78, 5) is 22.2. The normalized spacial score (nSPS) is 11.4. The Balaban J connectivity index is 1.24. The Morgan fingerprint density at radius 2 is 1.50 bits per heavy atom. The van der Waals surface area contributed by atoms with E-state index in [1.807, 2.05) is 57.2 Å². The summed E-state index contributed by atoms with van der Waals surface area (Å²) in [5, 5.41) is 10.5. The van der Waals surface area contributed by atoms with Gasteiger partial charge in [0.15, 0.2) is 0 Å². The minimum atomic E-state index is -2.76. The van der Waals surface area contributed by atoms with Crippen LogP contribution in [0.5, 0.6) is 23.1 Å². The number of carbonyl (C=O) groups excluding carboxylic acids is 1. The highest BCUT2D eigenvalue weighted by molar-refractivity contribution is 7.70. The van der Waals surface area contributed by atoms with Crippen molar-refractivity contribution in [1.29, 1.82) is 0 Å². The molecular formula is C40H48N6O9S. The van der Waals surface area contributed by atoms with E-state index in [1.165, 1.54) is 0 Å². The van der Waals surface area contributed by atoms with E-state index in [9.17, 15) is 13.2 Å². The lowest BCUT2D eigenvalue weighted by molar-refractivity contribution is 0.0179. The highest BCUT2D eigenvalue weighted by Gasteiger charge is 2.17. The van der Waals surface area contributed by atoms with Gasteiger partial charge in [-0.05, 0) is 40.8 Å². The molecule has 4 N–H and O–H groups in total. The van der Waals surface area contributed by atoms with Crippen LogP contribution in [-0.4, -0.2) is 78.3 Å². The van der Waals surface area contributed by atoms with Crippen molar-refractivity contribution >= 4 is 50.7 Å². The van der Waals surface area contributed by atoms with Crippen LogP contribution in [0.1, 0.15) is 31.9 Å². The standard InChI is InChI=1S/C40H48N6O9S/c1-40(2,3)28-20-27(26-42-56(48)49)21-29(22-28)44-39(47)45-35-10-11-36(34-9-7-6-8-33(34)35)55-37-12-13-41-38(46-37)43-30-23-31(51-5)25-32(24-30)54-19-18-53-17-16-52-15-14-50-4/h6-13,20-25,56H,14-19,26H2,1-5H3,(H,41,43,46)(H,42,48,49)(H2,44,45,47). The third-order valence-corrected chi connectivity index (χ3v) is 8.59. The van der Waals surface area contributed by atoms with Gasteiger partial charge in [-0.2, -0.15) is 4.98 Å². The third kappa shape index (κ3) is 12.8. The lowest BCUT2D eigenvalue weighted by atomic mass is 9.86. The molecule has 298 valence electrons. The third-order valence-electron chi connectivity index (χ3n) is 8.18. The predicted molar refractivity (Wildman–Crippen MR) is 216 cm³/mol. The van der Waals surface area contributed by atoms with Crippen molar-refractivity contribution in [2.75, 3.05) is 69.8 Å². The molecule has 0 radical (unpaired) electrons. The van der Waals surface area contributed by atoms with Gasteiger partial charge < -0.3 is 44.4 Å². The molecule has 5 rings (SSSR count). The maximum absolute atomic E-state index is 13.3. The number of nitrogens with one attached hydrogen (secondary N) is 4. The molecule has 5 aromatic rings. The number of hydrogen-bond donors (Lipinski definition) is 5. The summed E-state index contributed by atoms with van der Waals surface area (Å²) in [6.45, 7) is 8.95. The van der Waals surface area contributed by atoms with E-state index in [-0.39, 0.29) is 17.9 Å². The van der Waals surface area contributed by atoms with Crippen LogP contribution < -0.4 is 34.9 Å². The van der Waals surface area contributed by atoms with Crippen molar-refractivity contribution in [3.63, 3.8) is 0 Å². The molecule has 15 nitrogen and oxygen atoms in total. The molecule has 0 saturated heterocycles. The van der Waals surface area contributed by atoms with Gasteiger partial charge in [0, 0.05) is 66.3 Å². The average molecular weight is 789 g/mol. The van der Waals surface area contributed by atoms with Crippen molar-refractivity contribution in [2.45, 2.75) is 32.7 Å². The van der Waals surface area contributed by atoms with Crippen LogP contribution in [0.25, 0.3) is 10.8 Å². The number of fused-ring (bicyclic) bond motifs is 1. The number of rotatable bonds is 20. The Bertz CT molecular complexity index is 2150. The number of ether oxygens (including phenoxy) is 6. The van der Waals surface area contributed by atoms with Crippen LogP contribution in [0.4, 0.5) is 27.8 Å². The molecule has 0 spiro atoms. The number of aromatic nitrogens is 2. The van der Waals surface area contributed by atoms with E-state index < -0.39 is 16.9 Å². The molecule has 0 aliphatic carbocycles. The second-order valence-electron chi connectivity index (χ2n) is 13.4. The lowest BCUT2D eigenvalue weighted by Crippen LogP contribution is -2.21. The van der Waals surface area contributed by atoms with Gasteiger partial charge in [0.25, 0.3) is 0 Å². The number of amides is 2. The summed E-state index contributed by atoms with van der Waals surface area (Å²) in [6.07, 6.45) is 1.58. The van der Waals surface area contributed by atoms with Crippen LogP contribution in [0.15, 0.2) is 85.1 Å². The predicted octanol–water partition coefficient (Wildman–Crippen LogP) is 6.79. The molecule has 1 heterocycles. The van der Waals surface area contributed by atoms with Gasteiger partial charge in [0.1, 0.15) is 23.9 Å². The largest absolute Gasteiger partial charge is 0.497 e. The van der Waals surface area contributed by atoms with Crippen molar-refractivity contribution in [3.8, 4) is 23.1 Å². The molecule has 4 aromatic carbocycles. The maximum Gasteiger partial charge on any atom is 0.323 e. The summed E-state index contributed by atoms with van der Waals surface area (Å²) in [5.41, 5.74) is 3.16. The second-order valence-corrected chi connectivity index (χ2v) is 14.2. The van der Waals surface area contributed by atoms with Crippen LogP contribution >= 0.6 is 0 Å². The van der Waals surface area contributed by atoms with E-state index in [1.54, 1.807) is 62.9 Å². The molecule has 0 fully saturated rings. The zero-order chi connectivity index (χ0) is 39.9. The minimum absolute atomic E-state index is 0.107. The molecule has 1 aromatic heterocycles. The molecule has 0 bridgehead atoms. The van der Waals surface area contributed by atoms with Gasteiger partial charge in [-0.15, -0.1) is 0 Å². The summed E-state index contributed by atoms with van der Waals surface area (Å²) in [7, 11) is 0.435. The second kappa shape index (κ2) is 20.4. The quantitative estimate of drug-likeness (QED) is 0.0412. The van der Waals surface area contributed by atoms with Crippen molar-refractivity contribution < 1.29 is 41.6 Å². The van der Waals surface area contributed by atoms with Gasteiger partial charge in [0.05, 0.1) is 45.8 Å². The molecule has 2 amide bonds. The van der Waals surface area contributed by atoms with Crippen LogP contribution in [-0.2, 0) is 37.1 Å². The lowest BCUT2D eigenvalue weighted by Gasteiger charge is -2.21. The highest BCUT2D eigenvalue weighted by Crippen LogP contribution is 2.35. The topological polar surface area (TPSA) is 180 Å². The van der Waals surface area contributed by atoms with Crippen molar-refractivity contribution in [2.24, 2.45) is 0 Å². The summed E-state index contributed by atoms with van der Waals surface area (Å²) in [5.74, 6) is 2.25. The molecule has 0 aliphatic rings. The Morgan fingerprint density at radius 3 is 2.23 bits per heavy atom. The first kappa shape index (κ1) is 41.6. The van der Waals surface area contributed by atoms with E-state index in [2.05, 4.69) is 30.6 Å². The van der Waals surface area contributed by atoms with Crippen LogP contribution in [0.2, 0.25) is 0 Å². The Labute approximate surface area is 328 Å². The number of anilines is 4. The fraction of sp³-hybridized carbons (Fsp3) is 0.325. The number of urea groups is 1. The molecule has 0 saturated carbocycles. The van der Waals surface area contributed by atoms with Gasteiger partial charge in [0.2, 0.25) is 22.7 Å². The fourth-order valence-corrected chi connectivity index (χ4v) is 5.75. The molecule has 56 heavy (non-hydrogen) atoms. The van der Waals surface area contributed by atoms with Crippen LogP contribution in [0.3, 0.4) is 0 Å². The van der Waals surface area contributed by atoms with E-state index in [0.717, 1.165) is 21.9 Å². The fourth-order valence-electron chi connectivity index (χ4n) is 5.44. The highest BCUT2D eigenvalue weighted by atomic mass is 32.2. The number of carbonyl (C=O) groups is 1. The molecule has 0 unspecified atom stereocenters. The van der Waals surface area contributed by atoms with E-state index in [4.69, 9.17) is 28.4 Å². The Morgan fingerprint density at radius 1 is 0.768 bits per heavy atom. The smallest absolute Gasteiger partial charge is 0.323 e. The van der Waals surface area contributed by atoms with Gasteiger partial charge >= 0.3 is 6.03 Å². The first-order valence-electron chi connectivity index (χ1n) is 17.9. The van der Waals surface area contributed by atoms with E-state index >= 15 is 0 Å². The van der Waals surface area contributed by atoms with Gasteiger partial charge in [-0.3, -0.25) is 0 Å². The minimum Gasteiger partial charge on any atom is -0.497 e. The maximum atomic E-state index is 13.3. The Hall–Kier alpha value is -5.52. The number of benzene rings is 4. The molecular weight excluding hydrogens is 741 g/mol. The summed E-state index contributed by atoms with van der Waals surface area (Å²) >= 11 is 0. The molecule has 0 atom stereocenters. The molecule has 0 aliphatic heterocycles. The number of thiol groups is 1. The monoisotopic (exact) mass is 788 g/mol. The zero-order valence-corrected chi connectivity index (χ0v) is 32.9. The molecule has 16 heteroatoms. The number of nitrogens with zero attached hydrogens (tertiary/aromatic N) is 2.